The number of aryl methyl sites for hydroxylation is 2. The van der Waals surface area contributed by atoms with Gasteiger partial charge in [0, 0.05) is 16.9 Å². The van der Waals surface area contributed by atoms with Crippen molar-refractivity contribution in [2.24, 2.45) is 5.73 Å². The Morgan fingerprint density at radius 2 is 1.88 bits per heavy atom. The number of benzene rings is 2. The molecule has 2 heterocycles. The van der Waals surface area contributed by atoms with Crippen LogP contribution < -0.4 is 15.2 Å². The van der Waals surface area contributed by atoms with E-state index < -0.39 is 20.7 Å². The van der Waals surface area contributed by atoms with Crippen LogP contribution in [-0.4, -0.2) is 41.7 Å². The van der Waals surface area contributed by atoms with Crippen LogP contribution in [0, 0.1) is 19.7 Å². The topological polar surface area (TPSA) is 136 Å². The fraction of sp³-hybridized carbons (Fsp3) is 0.227. The van der Waals surface area contributed by atoms with Crippen molar-refractivity contribution in [1.29, 1.82) is 0 Å². The van der Waals surface area contributed by atoms with Gasteiger partial charge in [-0.1, -0.05) is 6.07 Å². The monoisotopic (exact) mass is 470 g/mol. The van der Waals surface area contributed by atoms with Crippen LogP contribution in [0.1, 0.15) is 17.7 Å². The Morgan fingerprint density at radius 1 is 1.12 bits per heavy atom. The smallest absolute Gasteiger partial charge is 0.264 e. The predicted molar refractivity (Wildman–Crippen MR) is 123 cm³/mol. The first-order valence-electron chi connectivity index (χ1n) is 10.2. The number of hydrogen-bond donors (Lipinski definition) is 3. The third kappa shape index (κ3) is 4.78. The van der Waals surface area contributed by atoms with Gasteiger partial charge in [-0.15, -0.1) is 0 Å². The lowest BCUT2D eigenvalue weighted by atomic mass is 10.2. The minimum absolute atomic E-state index is 0.274. The van der Waals surface area contributed by atoms with Crippen LogP contribution in [0.4, 0.5) is 10.1 Å². The first-order chi connectivity index (χ1) is 15.8. The third-order valence-corrected chi connectivity index (χ3v) is 6.32. The van der Waals surface area contributed by atoms with Crippen LogP contribution in [0.3, 0.4) is 0 Å². The largest absolute Gasteiger partial charge is 0.477 e. The molecular formula is C22H23FN6O3S. The van der Waals surface area contributed by atoms with Crippen molar-refractivity contribution in [3.8, 4) is 17.3 Å². The molecule has 4 N–H and O–H groups in total. The summed E-state index contributed by atoms with van der Waals surface area (Å²) in [7, 11) is -4.09. The number of rotatable bonds is 8. The number of anilines is 1. The molecule has 33 heavy (non-hydrogen) atoms. The molecule has 9 nitrogen and oxygen atoms in total. The van der Waals surface area contributed by atoms with Crippen LogP contribution in [0.2, 0.25) is 0 Å². The Balaban J connectivity index is 1.62. The second-order valence-electron chi connectivity index (χ2n) is 7.51. The Hall–Kier alpha value is -3.57. The zero-order valence-corrected chi connectivity index (χ0v) is 18.9. The number of halogens is 1. The van der Waals surface area contributed by atoms with Gasteiger partial charge >= 0.3 is 0 Å². The number of hydrogen-bond acceptors (Lipinski definition) is 7. The molecule has 2 aromatic heterocycles. The molecule has 0 spiro atoms. The van der Waals surface area contributed by atoms with Crippen molar-refractivity contribution < 1.29 is 17.5 Å². The summed E-state index contributed by atoms with van der Waals surface area (Å²) in [6.07, 6.45) is 0.675. The predicted octanol–water partition coefficient (Wildman–Crippen LogP) is 3.30. The fourth-order valence-electron chi connectivity index (χ4n) is 3.23. The Bertz CT molecular complexity index is 1400. The lowest BCUT2D eigenvalue weighted by Crippen LogP contribution is -2.14. The van der Waals surface area contributed by atoms with E-state index in [1.54, 1.807) is 31.2 Å². The highest BCUT2D eigenvalue weighted by atomic mass is 32.2. The lowest BCUT2D eigenvalue weighted by molar-refractivity contribution is 0.305. The molecule has 0 fully saturated rings. The van der Waals surface area contributed by atoms with Crippen LogP contribution >= 0.6 is 0 Å². The van der Waals surface area contributed by atoms with E-state index in [-0.39, 0.29) is 5.69 Å². The molecule has 0 aliphatic carbocycles. The highest BCUT2D eigenvalue weighted by Gasteiger charge is 2.20. The molecule has 0 bridgehead atoms. The van der Waals surface area contributed by atoms with Crippen molar-refractivity contribution in [2.75, 3.05) is 17.9 Å². The van der Waals surface area contributed by atoms with Crippen molar-refractivity contribution in [3.05, 3.63) is 59.5 Å². The normalized spacial score (nSPS) is 11.6. The second kappa shape index (κ2) is 9.12. The first-order valence-corrected chi connectivity index (χ1v) is 11.7. The lowest BCUT2D eigenvalue weighted by Gasteiger charge is -2.11. The van der Waals surface area contributed by atoms with Gasteiger partial charge < -0.3 is 10.5 Å². The van der Waals surface area contributed by atoms with E-state index in [1.165, 1.54) is 12.1 Å². The Labute approximate surface area is 190 Å². The van der Waals surface area contributed by atoms with Gasteiger partial charge in [-0.2, -0.15) is 10.1 Å². The molecule has 0 radical (unpaired) electrons. The highest BCUT2D eigenvalue weighted by molar-refractivity contribution is 7.92. The summed E-state index contributed by atoms with van der Waals surface area (Å²) in [6, 6.07) is 10.4. The standard InChI is InChI=1S/C22H23FN6O3S/c1-13-4-9-17(23)18(12-13)33(30,31)29-16-7-5-15(6-8-16)20-25-21-19(14(2)27-28-21)22(26-20)32-11-3-10-24/h4-9,12,29H,3,10-11,24H2,1-2H3,(H,25,26,27,28). The maximum atomic E-state index is 14.1. The number of aromatic amines is 1. The minimum atomic E-state index is -4.09. The van der Waals surface area contributed by atoms with Gasteiger partial charge in [0.25, 0.3) is 10.0 Å². The van der Waals surface area contributed by atoms with E-state index in [4.69, 9.17) is 10.5 Å². The number of H-pyrrole nitrogens is 1. The number of fused-ring (bicyclic) bond motifs is 1. The van der Waals surface area contributed by atoms with Gasteiger partial charge in [0.1, 0.15) is 16.1 Å². The van der Waals surface area contributed by atoms with Crippen LogP contribution in [0.5, 0.6) is 5.88 Å². The second-order valence-corrected chi connectivity index (χ2v) is 9.16. The zero-order chi connectivity index (χ0) is 23.6. The summed E-state index contributed by atoms with van der Waals surface area (Å²) in [5.41, 5.74) is 8.33. The molecule has 0 amide bonds. The Morgan fingerprint density at radius 3 is 2.61 bits per heavy atom. The SMILES string of the molecule is Cc1ccc(F)c(S(=O)(=O)Nc2ccc(-c3nc(OCCCN)c4c(C)[nH]nc4n3)cc2)c1. The molecule has 0 aliphatic rings. The summed E-state index contributed by atoms with van der Waals surface area (Å²) in [5, 5.41) is 7.78. The number of nitrogens with one attached hydrogen (secondary N) is 2. The zero-order valence-electron chi connectivity index (χ0n) is 18.1. The molecule has 11 heteroatoms. The maximum Gasteiger partial charge on any atom is 0.264 e. The van der Waals surface area contributed by atoms with E-state index in [0.29, 0.717) is 53.4 Å². The van der Waals surface area contributed by atoms with Crippen molar-refractivity contribution in [2.45, 2.75) is 25.2 Å². The maximum absolute atomic E-state index is 14.1. The van der Waals surface area contributed by atoms with Gasteiger partial charge in [-0.25, -0.2) is 17.8 Å². The van der Waals surface area contributed by atoms with E-state index in [0.717, 1.165) is 11.8 Å². The van der Waals surface area contributed by atoms with Gasteiger partial charge in [0.2, 0.25) is 5.88 Å². The van der Waals surface area contributed by atoms with Gasteiger partial charge in [0.15, 0.2) is 11.5 Å². The molecule has 0 unspecified atom stereocenters. The molecule has 0 aliphatic heterocycles. The summed E-state index contributed by atoms with van der Waals surface area (Å²) in [4.78, 5) is 8.60. The highest BCUT2D eigenvalue weighted by Crippen LogP contribution is 2.29. The number of sulfonamides is 1. The molecule has 0 saturated carbocycles. The van der Waals surface area contributed by atoms with Crippen LogP contribution in [-0.2, 0) is 10.0 Å². The summed E-state index contributed by atoms with van der Waals surface area (Å²) < 4.78 is 47.5. The average Bonchev–Trinajstić information content (AvgIpc) is 3.16. The van der Waals surface area contributed by atoms with E-state index in [2.05, 4.69) is 24.9 Å². The molecule has 0 atom stereocenters. The molecule has 4 rings (SSSR count). The Kier molecular flexibility index (Phi) is 6.25. The number of nitrogens with two attached hydrogens (primary N) is 1. The van der Waals surface area contributed by atoms with Gasteiger partial charge in [-0.3, -0.25) is 9.82 Å². The third-order valence-electron chi connectivity index (χ3n) is 4.92. The summed E-state index contributed by atoms with van der Waals surface area (Å²) in [5.74, 6) is -0.0480. The van der Waals surface area contributed by atoms with Crippen molar-refractivity contribution in [1.82, 2.24) is 20.2 Å². The quantitative estimate of drug-likeness (QED) is 0.336. The molecule has 172 valence electrons. The van der Waals surface area contributed by atoms with Crippen LogP contribution in [0.25, 0.3) is 22.4 Å². The average molecular weight is 471 g/mol. The first kappa shape index (κ1) is 22.6. The molecule has 2 aromatic carbocycles. The number of aromatic nitrogens is 4. The molecule has 4 aromatic rings. The number of ether oxygens (including phenoxy) is 1. The van der Waals surface area contributed by atoms with Crippen molar-refractivity contribution in [3.63, 3.8) is 0 Å². The number of nitrogens with zero attached hydrogens (tertiary/aromatic N) is 3. The van der Waals surface area contributed by atoms with E-state index >= 15 is 0 Å². The molecule has 0 saturated heterocycles. The van der Waals surface area contributed by atoms with E-state index in [1.807, 2.05) is 6.92 Å². The fourth-order valence-corrected chi connectivity index (χ4v) is 4.45. The van der Waals surface area contributed by atoms with Crippen molar-refractivity contribution >= 4 is 26.7 Å². The summed E-state index contributed by atoms with van der Waals surface area (Å²) in [6.45, 7) is 4.45. The van der Waals surface area contributed by atoms with Gasteiger partial charge in [0.05, 0.1) is 6.61 Å². The van der Waals surface area contributed by atoms with E-state index in [9.17, 15) is 12.8 Å². The van der Waals surface area contributed by atoms with Crippen LogP contribution in [0.15, 0.2) is 47.4 Å². The molecular weight excluding hydrogens is 447 g/mol. The van der Waals surface area contributed by atoms with Gasteiger partial charge in [-0.05, 0) is 68.8 Å². The minimum Gasteiger partial charge on any atom is -0.477 e. The summed E-state index contributed by atoms with van der Waals surface area (Å²) >= 11 is 0.